The molecule has 1 aromatic heterocycles. The summed E-state index contributed by atoms with van der Waals surface area (Å²) in [6.45, 7) is 8.36. The highest BCUT2D eigenvalue weighted by molar-refractivity contribution is 6.02. The van der Waals surface area contributed by atoms with E-state index in [-0.39, 0.29) is 0 Å². The van der Waals surface area contributed by atoms with E-state index < -0.39 is 0 Å². The van der Waals surface area contributed by atoms with E-state index in [9.17, 15) is 0 Å². The van der Waals surface area contributed by atoms with Gasteiger partial charge >= 0.3 is 6.01 Å². The molecule has 1 aliphatic carbocycles. The summed E-state index contributed by atoms with van der Waals surface area (Å²) in [5.74, 6) is 1.78. The van der Waals surface area contributed by atoms with Crippen molar-refractivity contribution in [1.82, 2.24) is 14.9 Å². The highest BCUT2D eigenvalue weighted by Gasteiger charge is 2.18. The fourth-order valence-electron chi connectivity index (χ4n) is 4.76. The van der Waals surface area contributed by atoms with Crippen LogP contribution in [0.15, 0.2) is 29.3 Å². The van der Waals surface area contributed by atoms with Crippen LogP contribution in [-0.2, 0) is 22.4 Å². The number of ether oxygens (including phenoxy) is 4. The lowest BCUT2D eigenvalue weighted by Gasteiger charge is -2.28. The molecule has 0 unspecified atom stereocenters. The van der Waals surface area contributed by atoms with Crippen LogP contribution >= 0.6 is 0 Å². The summed E-state index contributed by atoms with van der Waals surface area (Å²) < 4.78 is 22.4. The maximum atomic E-state index is 6.03. The maximum absolute atomic E-state index is 6.03. The monoisotopic (exact) mass is 481 g/mol. The number of anilines is 1. The Balaban J connectivity index is 1.32. The van der Waals surface area contributed by atoms with Crippen molar-refractivity contribution >= 4 is 11.5 Å². The minimum Gasteiger partial charge on any atom is -0.497 e. The fraction of sp³-hybridized carbons (Fsp3) is 0.577. The van der Waals surface area contributed by atoms with Crippen molar-refractivity contribution in [3.63, 3.8) is 0 Å². The molecule has 0 radical (unpaired) electrons. The van der Waals surface area contributed by atoms with Gasteiger partial charge in [0, 0.05) is 44.5 Å². The second kappa shape index (κ2) is 11.8. The predicted molar refractivity (Wildman–Crippen MR) is 134 cm³/mol. The average Bonchev–Trinajstić information content (AvgIpc) is 2.92. The minimum absolute atomic E-state index is 0.422. The Hall–Kier alpha value is -2.75. The van der Waals surface area contributed by atoms with Crippen molar-refractivity contribution < 1.29 is 18.9 Å². The molecule has 0 atom stereocenters. The SMILES string of the molecule is COc1ccc2c(c1)CCCC2=NCc1cc(N2CCOCC2)nc(OCCN2CCOCC2)n1. The van der Waals surface area contributed by atoms with Crippen LogP contribution < -0.4 is 14.4 Å². The molecule has 35 heavy (non-hydrogen) atoms. The lowest BCUT2D eigenvalue weighted by atomic mass is 9.90. The highest BCUT2D eigenvalue weighted by Crippen LogP contribution is 2.26. The lowest BCUT2D eigenvalue weighted by molar-refractivity contribution is 0.0317. The molecule has 3 heterocycles. The van der Waals surface area contributed by atoms with Crippen LogP contribution in [-0.4, -0.2) is 93.4 Å². The van der Waals surface area contributed by atoms with Crippen LogP contribution in [0.3, 0.4) is 0 Å². The summed E-state index contributed by atoms with van der Waals surface area (Å²) >= 11 is 0. The van der Waals surface area contributed by atoms with Crippen LogP contribution in [0.2, 0.25) is 0 Å². The number of aromatic nitrogens is 2. The zero-order valence-corrected chi connectivity index (χ0v) is 20.6. The molecule has 0 bridgehead atoms. The van der Waals surface area contributed by atoms with E-state index in [1.165, 1.54) is 11.1 Å². The fourth-order valence-corrected chi connectivity index (χ4v) is 4.76. The van der Waals surface area contributed by atoms with Gasteiger partial charge in [-0.25, -0.2) is 0 Å². The molecular formula is C26H35N5O4. The molecule has 1 aromatic carbocycles. The van der Waals surface area contributed by atoms with Crippen LogP contribution in [0.4, 0.5) is 5.82 Å². The number of rotatable bonds is 8. The van der Waals surface area contributed by atoms with E-state index in [0.29, 0.717) is 32.4 Å². The number of morpholine rings is 2. The van der Waals surface area contributed by atoms with Crippen molar-refractivity contribution in [1.29, 1.82) is 0 Å². The number of aliphatic imine (C=N–C) groups is 1. The number of hydrogen-bond donors (Lipinski definition) is 0. The van der Waals surface area contributed by atoms with Gasteiger partial charge in [0.2, 0.25) is 0 Å². The van der Waals surface area contributed by atoms with Crippen LogP contribution in [0.1, 0.15) is 29.7 Å². The highest BCUT2D eigenvalue weighted by atomic mass is 16.5. The first-order valence-corrected chi connectivity index (χ1v) is 12.6. The second-order valence-electron chi connectivity index (χ2n) is 9.04. The van der Waals surface area contributed by atoms with Gasteiger partial charge in [-0.05, 0) is 48.6 Å². The van der Waals surface area contributed by atoms with Crippen molar-refractivity contribution in [2.75, 3.05) is 77.8 Å². The first-order valence-electron chi connectivity index (χ1n) is 12.6. The van der Waals surface area contributed by atoms with Gasteiger partial charge in [-0.15, -0.1) is 0 Å². The lowest BCUT2D eigenvalue weighted by Crippen LogP contribution is -2.39. The van der Waals surface area contributed by atoms with Gasteiger partial charge in [0.15, 0.2) is 0 Å². The van der Waals surface area contributed by atoms with Gasteiger partial charge in [0.05, 0.1) is 45.8 Å². The van der Waals surface area contributed by atoms with Crippen molar-refractivity contribution in [3.8, 4) is 11.8 Å². The molecule has 0 amide bonds. The number of nitrogens with zero attached hydrogens (tertiary/aromatic N) is 5. The summed E-state index contributed by atoms with van der Waals surface area (Å²) in [6, 6.07) is 8.74. The van der Waals surface area contributed by atoms with E-state index in [0.717, 1.165) is 88.2 Å². The molecule has 188 valence electrons. The molecule has 2 saturated heterocycles. The van der Waals surface area contributed by atoms with Crippen LogP contribution in [0.5, 0.6) is 11.8 Å². The predicted octanol–water partition coefficient (Wildman–Crippen LogP) is 2.36. The third-order valence-corrected chi connectivity index (χ3v) is 6.74. The van der Waals surface area contributed by atoms with E-state index in [2.05, 4.69) is 21.9 Å². The Kier molecular flexibility index (Phi) is 8.07. The number of benzene rings is 1. The van der Waals surface area contributed by atoms with Gasteiger partial charge in [-0.3, -0.25) is 9.89 Å². The topological polar surface area (TPSA) is 81.5 Å². The molecule has 2 aromatic rings. The summed E-state index contributed by atoms with van der Waals surface area (Å²) in [4.78, 5) is 19.0. The third-order valence-electron chi connectivity index (χ3n) is 6.74. The van der Waals surface area contributed by atoms with Gasteiger partial charge < -0.3 is 23.8 Å². The van der Waals surface area contributed by atoms with Crippen LogP contribution in [0, 0.1) is 0 Å². The number of fused-ring (bicyclic) bond motifs is 1. The zero-order valence-electron chi connectivity index (χ0n) is 20.6. The van der Waals surface area contributed by atoms with E-state index in [4.69, 9.17) is 33.9 Å². The summed E-state index contributed by atoms with van der Waals surface area (Å²) in [5, 5.41) is 0. The molecular weight excluding hydrogens is 446 g/mol. The molecule has 2 aliphatic heterocycles. The standard InChI is InChI=1S/C26H35N5O4/c1-32-22-5-6-23-20(17-22)3-2-4-24(23)27-19-21-18-25(31-10-14-34-15-11-31)29-26(28-21)35-16-9-30-7-12-33-13-8-30/h5-6,17-18H,2-4,7-16,19H2,1H3. The third kappa shape index (κ3) is 6.28. The Labute approximate surface area is 207 Å². The Morgan fingerprint density at radius 1 is 0.971 bits per heavy atom. The molecule has 0 saturated carbocycles. The Morgan fingerprint density at radius 2 is 1.77 bits per heavy atom. The van der Waals surface area contributed by atoms with Gasteiger partial charge in [0.1, 0.15) is 18.2 Å². The molecule has 9 nitrogen and oxygen atoms in total. The van der Waals surface area contributed by atoms with Crippen molar-refractivity contribution in [2.45, 2.75) is 25.8 Å². The largest absolute Gasteiger partial charge is 0.497 e. The normalized spacial score (nSPS) is 20.0. The molecule has 0 N–H and O–H groups in total. The van der Waals surface area contributed by atoms with E-state index in [1.807, 2.05) is 12.1 Å². The first-order chi connectivity index (χ1) is 17.3. The number of methoxy groups -OCH3 is 1. The Bertz CT molecular complexity index is 1020. The summed E-state index contributed by atoms with van der Waals surface area (Å²) in [5.41, 5.74) is 4.53. The smallest absolute Gasteiger partial charge is 0.318 e. The maximum Gasteiger partial charge on any atom is 0.318 e. The van der Waals surface area contributed by atoms with Gasteiger partial charge in [-0.1, -0.05) is 0 Å². The zero-order chi connectivity index (χ0) is 23.9. The van der Waals surface area contributed by atoms with Crippen molar-refractivity contribution in [2.24, 2.45) is 4.99 Å². The van der Waals surface area contributed by atoms with Gasteiger partial charge in [-0.2, -0.15) is 9.97 Å². The molecule has 2 fully saturated rings. The van der Waals surface area contributed by atoms with E-state index >= 15 is 0 Å². The molecule has 5 rings (SSSR count). The van der Waals surface area contributed by atoms with E-state index in [1.54, 1.807) is 7.11 Å². The molecule has 0 spiro atoms. The van der Waals surface area contributed by atoms with Gasteiger partial charge in [0.25, 0.3) is 0 Å². The quantitative estimate of drug-likeness (QED) is 0.569. The average molecular weight is 482 g/mol. The summed E-state index contributed by atoms with van der Waals surface area (Å²) in [6.07, 6.45) is 3.13. The summed E-state index contributed by atoms with van der Waals surface area (Å²) in [7, 11) is 1.71. The molecule has 9 heteroatoms. The first kappa shape index (κ1) is 24.0. The molecule has 3 aliphatic rings. The number of hydrogen-bond acceptors (Lipinski definition) is 9. The van der Waals surface area contributed by atoms with Crippen LogP contribution in [0.25, 0.3) is 0 Å². The minimum atomic E-state index is 0.422. The Morgan fingerprint density at radius 3 is 2.57 bits per heavy atom. The van der Waals surface area contributed by atoms with Crippen molar-refractivity contribution in [3.05, 3.63) is 41.1 Å². The number of aryl methyl sites for hydroxylation is 1. The second-order valence-corrected chi connectivity index (χ2v) is 9.04.